The van der Waals surface area contributed by atoms with Crippen molar-refractivity contribution in [1.29, 1.82) is 0 Å². The van der Waals surface area contributed by atoms with Crippen LogP contribution < -0.4 is 5.73 Å². The average Bonchev–Trinajstić information content (AvgIpc) is 2.45. The summed E-state index contributed by atoms with van der Waals surface area (Å²) in [5, 5.41) is 0. The molecular weight excluding hydrogens is 244 g/mol. The van der Waals surface area contributed by atoms with Crippen LogP contribution >= 0.6 is 0 Å². The Morgan fingerprint density at radius 3 is 2.47 bits per heavy atom. The molecule has 0 radical (unpaired) electrons. The van der Waals surface area contributed by atoms with Crippen LogP contribution in [0.5, 0.6) is 0 Å². The number of nitrogens with zero attached hydrogens (tertiary/aromatic N) is 1. The summed E-state index contributed by atoms with van der Waals surface area (Å²) >= 11 is 0. The van der Waals surface area contributed by atoms with Gasteiger partial charge in [0.2, 0.25) is 0 Å². The maximum absolute atomic E-state index is 12.5. The molecule has 1 rings (SSSR count). The number of rotatable bonds is 8. The van der Waals surface area contributed by atoms with E-state index in [-0.39, 0.29) is 5.91 Å². The Kier molecular flexibility index (Phi) is 7.10. The molecule has 0 aliphatic carbocycles. The van der Waals surface area contributed by atoms with Gasteiger partial charge in [0.1, 0.15) is 0 Å². The first kappa shape index (κ1) is 15.6. The molecule has 1 unspecified atom stereocenters. The molecule has 0 aliphatic heterocycles. The number of carbonyl (C=O) groups excluding carboxylic acids is 1. The number of carbonyl (C=O) groups is 1. The minimum Gasteiger partial charge on any atom is -0.383 e. The molecule has 1 atom stereocenters. The van der Waals surface area contributed by atoms with Gasteiger partial charge in [0, 0.05) is 33.9 Å². The molecule has 0 aromatic heterocycles. The lowest BCUT2D eigenvalue weighted by atomic mass is 10.1. The minimum atomic E-state index is -0.593. The third-order valence-electron chi connectivity index (χ3n) is 2.84. The van der Waals surface area contributed by atoms with E-state index >= 15 is 0 Å². The summed E-state index contributed by atoms with van der Waals surface area (Å²) in [5.41, 5.74) is 6.39. The molecular formula is C14H22N2O3. The van der Waals surface area contributed by atoms with Gasteiger partial charge in [-0.15, -0.1) is 0 Å². The lowest BCUT2D eigenvalue weighted by molar-refractivity contribution is -0.143. The van der Waals surface area contributed by atoms with Crippen molar-refractivity contribution in [3.05, 3.63) is 35.9 Å². The van der Waals surface area contributed by atoms with Crippen LogP contribution in [-0.4, -0.2) is 51.3 Å². The number of amides is 1. The van der Waals surface area contributed by atoms with Crippen LogP contribution in [-0.2, 0) is 14.3 Å². The van der Waals surface area contributed by atoms with Gasteiger partial charge < -0.3 is 20.1 Å². The Balaban J connectivity index is 2.80. The predicted octanol–water partition coefficient (Wildman–Crippen LogP) is 0.808. The fourth-order valence-corrected chi connectivity index (χ4v) is 1.86. The van der Waals surface area contributed by atoms with Crippen molar-refractivity contribution in [3.8, 4) is 0 Å². The summed E-state index contributed by atoms with van der Waals surface area (Å²) in [6, 6.07) is 9.43. The largest absolute Gasteiger partial charge is 0.383 e. The first-order chi connectivity index (χ1) is 9.24. The third kappa shape index (κ3) is 4.63. The number of hydrogen-bond donors (Lipinski definition) is 1. The monoisotopic (exact) mass is 266 g/mol. The zero-order valence-electron chi connectivity index (χ0n) is 11.5. The van der Waals surface area contributed by atoms with Gasteiger partial charge in [-0.3, -0.25) is 4.79 Å². The molecule has 0 heterocycles. The number of methoxy groups -OCH3 is 2. The average molecular weight is 266 g/mol. The Labute approximate surface area is 114 Å². The maximum Gasteiger partial charge on any atom is 0.256 e. The molecule has 1 aromatic rings. The first-order valence-corrected chi connectivity index (χ1v) is 6.30. The van der Waals surface area contributed by atoms with Crippen molar-refractivity contribution >= 4 is 5.91 Å². The second-order valence-corrected chi connectivity index (χ2v) is 4.13. The van der Waals surface area contributed by atoms with Crippen molar-refractivity contribution in [3.63, 3.8) is 0 Å². The normalized spacial score (nSPS) is 12.2. The second-order valence-electron chi connectivity index (χ2n) is 4.13. The third-order valence-corrected chi connectivity index (χ3v) is 2.84. The van der Waals surface area contributed by atoms with Crippen LogP contribution in [0.4, 0.5) is 0 Å². The molecule has 2 N–H and O–H groups in total. The lowest BCUT2D eigenvalue weighted by Gasteiger charge is -2.26. The fourth-order valence-electron chi connectivity index (χ4n) is 1.86. The summed E-state index contributed by atoms with van der Waals surface area (Å²) in [5.74, 6) is -0.0869. The summed E-state index contributed by atoms with van der Waals surface area (Å²) in [6.45, 7) is 1.91. The lowest BCUT2D eigenvalue weighted by Crippen LogP contribution is -2.41. The van der Waals surface area contributed by atoms with E-state index in [4.69, 9.17) is 15.2 Å². The summed E-state index contributed by atoms with van der Waals surface area (Å²) in [6.07, 6.45) is -0.593. The molecule has 0 saturated heterocycles. The van der Waals surface area contributed by atoms with Crippen LogP contribution in [0.2, 0.25) is 0 Å². The smallest absolute Gasteiger partial charge is 0.256 e. The SMILES string of the molecule is COCCN(CCN)C(=O)C(OC)c1ccccc1. The Morgan fingerprint density at radius 1 is 1.26 bits per heavy atom. The number of nitrogens with two attached hydrogens (primary N) is 1. The Morgan fingerprint density at radius 2 is 1.95 bits per heavy atom. The van der Waals surface area contributed by atoms with Gasteiger partial charge in [-0.2, -0.15) is 0 Å². The molecule has 0 fully saturated rings. The van der Waals surface area contributed by atoms with E-state index in [9.17, 15) is 4.79 Å². The van der Waals surface area contributed by atoms with Crippen LogP contribution in [0.25, 0.3) is 0 Å². The van der Waals surface area contributed by atoms with Gasteiger partial charge in [-0.1, -0.05) is 30.3 Å². The molecule has 0 aliphatic rings. The van der Waals surface area contributed by atoms with Gasteiger partial charge in [0.25, 0.3) is 5.91 Å². The van der Waals surface area contributed by atoms with Crippen LogP contribution in [0, 0.1) is 0 Å². The van der Waals surface area contributed by atoms with E-state index in [1.807, 2.05) is 30.3 Å². The molecule has 106 valence electrons. The van der Waals surface area contributed by atoms with E-state index in [0.29, 0.717) is 26.2 Å². The topological polar surface area (TPSA) is 64.8 Å². The molecule has 19 heavy (non-hydrogen) atoms. The van der Waals surface area contributed by atoms with Crippen LogP contribution in [0.3, 0.4) is 0 Å². The molecule has 0 saturated carbocycles. The highest BCUT2D eigenvalue weighted by atomic mass is 16.5. The van der Waals surface area contributed by atoms with Crippen LogP contribution in [0.15, 0.2) is 30.3 Å². The Bertz CT molecular complexity index is 370. The van der Waals surface area contributed by atoms with Crippen LogP contribution in [0.1, 0.15) is 11.7 Å². The molecule has 5 nitrogen and oxygen atoms in total. The van der Waals surface area contributed by atoms with E-state index in [2.05, 4.69) is 0 Å². The van der Waals surface area contributed by atoms with Crippen molar-refractivity contribution in [2.75, 3.05) is 40.5 Å². The number of hydrogen-bond acceptors (Lipinski definition) is 4. The van der Waals surface area contributed by atoms with Crippen molar-refractivity contribution in [2.24, 2.45) is 5.73 Å². The van der Waals surface area contributed by atoms with Crippen molar-refractivity contribution in [2.45, 2.75) is 6.10 Å². The van der Waals surface area contributed by atoms with E-state index in [1.54, 1.807) is 12.0 Å². The summed E-state index contributed by atoms with van der Waals surface area (Å²) in [4.78, 5) is 14.1. The van der Waals surface area contributed by atoms with Crippen molar-refractivity contribution < 1.29 is 14.3 Å². The second kappa shape index (κ2) is 8.63. The zero-order valence-corrected chi connectivity index (χ0v) is 11.5. The Hall–Kier alpha value is -1.43. The minimum absolute atomic E-state index is 0.0869. The quantitative estimate of drug-likeness (QED) is 0.756. The number of ether oxygens (including phenoxy) is 2. The van der Waals surface area contributed by atoms with Gasteiger partial charge in [-0.25, -0.2) is 0 Å². The highest BCUT2D eigenvalue weighted by molar-refractivity contribution is 5.82. The standard InChI is InChI=1S/C14H22N2O3/c1-18-11-10-16(9-8-15)14(17)13(19-2)12-6-4-3-5-7-12/h3-7,13H,8-11,15H2,1-2H3. The molecule has 1 aromatic carbocycles. The van der Waals surface area contributed by atoms with E-state index in [0.717, 1.165) is 5.56 Å². The predicted molar refractivity (Wildman–Crippen MR) is 73.7 cm³/mol. The van der Waals surface area contributed by atoms with E-state index in [1.165, 1.54) is 7.11 Å². The van der Waals surface area contributed by atoms with Gasteiger partial charge in [0.05, 0.1) is 6.61 Å². The summed E-state index contributed by atoms with van der Waals surface area (Å²) in [7, 11) is 3.14. The first-order valence-electron chi connectivity index (χ1n) is 6.30. The molecule has 5 heteroatoms. The highest BCUT2D eigenvalue weighted by Crippen LogP contribution is 2.18. The molecule has 1 amide bonds. The number of benzene rings is 1. The van der Waals surface area contributed by atoms with Gasteiger partial charge in [0.15, 0.2) is 6.10 Å². The van der Waals surface area contributed by atoms with Gasteiger partial charge in [-0.05, 0) is 5.56 Å². The van der Waals surface area contributed by atoms with Gasteiger partial charge >= 0.3 is 0 Å². The molecule has 0 spiro atoms. The van der Waals surface area contributed by atoms with E-state index < -0.39 is 6.10 Å². The maximum atomic E-state index is 12.5. The molecule has 0 bridgehead atoms. The fraction of sp³-hybridized carbons (Fsp3) is 0.500. The van der Waals surface area contributed by atoms with Crippen molar-refractivity contribution in [1.82, 2.24) is 4.90 Å². The summed E-state index contributed by atoms with van der Waals surface area (Å²) < 4.78 is 10.3. The zero-order chi connectivity index (χ0) is 14.1. The highest BCUT2D eigenvalue weighted by Gasteiger charge is 2.24.